The molecule has 5 atom stereocenters. The van der Waals surface area contributed by atoms with Crippen LogP contribution in [0.4, 0.5) is 0 Å². The van der Waals surface area contributed by atoms with E-state index in [1.165, 1.54) is 0 Å². The van der Waals surface area contributed by atoms with Crippen molar-refractivity contribution in [1.29, 1.82) is 0 Å². The highest BCUT2D eigenvalue weighted by molar-refractivity contribution is 7.32. The zero-order chi connectivity index (χ0) is 12.0. The van der Waals surface area contributed by atoms with Crippen LogP contribution < -0.4 is 0 Å². The standard InChI is InChI=1S/C6H11O8P/c7-1-3(9)5(10)6(11)4(2-8)14-15(12)13/h2-7,9-11H,1H2/p+1/t3-,4-,5-,6-/m1/s1. The van der Waals surface area contributed by atoms with Crippen LogP contribution in [0.5, 0.6) is 0 Å². The molecule has 0 aromatic heterocycles. The van der Waals surface area contributed by atoms with Gasteiger partial charge in [-0.3, -0.25) is 0 Å². The largest absolute Gasteiger partial charge is 0.695 e. The molecule has 0 aromatic carbocycles. The van der Waals surface area contributed by atoms with Crippen LogP contribution in [0.15, 0.2) is 0 Å². The van der Waals surface area contributed by atoms with Gasteiger partial charge in [-0.25, -0.2) is 0 Å². The number of carbonyl (C=O) groups excluding carboxylic acids is 1. The van der Waals surface area contributed by atoms with Crippen LogP contribution in [0.3, 0.4) is 0 Å². The van der Waals surface area contributed by atoms with Gasteiger partial charge in [0.1, 0.15) is 18.3 Å². The van der Waals surface area contributed by atoms with Crippen LogP contribution in [0.1, 0.15) is 0 Å². The molecular weight excluding hydrogens is 231 g/mol. The van der Waals surface area contributed by atoms with Crippen molar-refractivity contribution in [2.75, 3.05) is 6.61 Å². The van der Waals surface area contributed by atoms with Gasteiger partial charge in [0.2, 0.25) is 0 Å². The molecule has 0 aromatic rings. The van der Waals surface area contributed by atoms with Crippen molar-refractivity contribution in [1.82, 2.24) is 0 Å². The predicted molar refractivity (Wildman–Crippen MR) is 45.9 cm³/mol. The Morgan fingerprint density at radius 2 is 1.80 bits per heavy atom. The number of hydrogen-bond donors (Lipinski definition) is 5. The number of carbonyl (C=O) groups is 1. The first-order valence-electron chi connectivity index (χ1n) is 3.87. The summed E-state index contributed by atoms with van der Waals surface area (Å²) < 4.78 is 14.3. The number of aliphatic hydroxyl groups excluding tert-OH is 4. The van der Waals surface area contributed by atoms with Crippen LogP contribution in [0.25, 0.3) is 0 Å². The van der Waals surface area contributed by atoms with E-state index in [9.17, 15) is 14.5 Å². The van der Waals surface area contributed by atoms with Crippen molar-refractivity contribution in [3.8, 4) is 0 Å². The summed E-state index contributed by atoms with van der Waals surface area (Å²) in [6.45, 7) is -0.838. The quantitative estimate of drug-likeness (QED) is 0.240. The molecule has 0 saturated carbocycles. The Labute approximate surface area is 85.7 Å². The van der Waals surface area contributed by atoms with Crippen LogP contribution in [0, 0.1) is 0 Å². The van der Waals surface area contributed by atoms with Gasteiger partial charge in [-0.1, -0.05) is 0 Å². The smallest absolute Gasteiger partial charge is 0.394 e. The lowest BCUT2D eigenvalue weighted by Gasteiger charge is -2.22. The fourth-order valence-corrected chi connectivity index (χ4v) is 1.18. The van der Waals surface area contributed by atoms with Gasteiger partial charge >= 0.3 is 8.25 Å². The average Bonchev–Trinajstić information content (AvgIpc) is 2.22. The summed E-state index contributed by atoms with van der Waals surface area (Å²) in [6.07, 6.45) is -7.20. The van der Waals surface area contributed by atoms with Crippen molar-refractivity contribution >= 4 is 14.5 Å². The Bertz CT molecular complexity index is 221. The summed E-state index contributed by atoms with van der Waals surface area (Å²) in [4.78, 5) is 18.6. The number of hydrogen-bond acceptors (Lipinski definition) is 7. The van der Waals surface area contributed by atoms with E-state index in [0.717, 1.165) is 0 Å². The molecule has 15 heavy (non-hydrogen) atoms. The maximum Gasteiger partial charge on any atom is 0.695 e. The minimum Gasteiger partial charge on any atom is -0.394 e. The van der Waals surface area contributed by atoms with Gasteiger partial charge in [-0.05, 0) is 0 Å². The molecule has 0 rings (SSSR count). The molecule has 0 aliphatic carbocycles. The summed E-state index contributed by atoms with van der Waals surface area (Å²) in [7, 11) is -3.12. The molecule has 9 heteroatoms. The lowest BCUT2D eigenvalue weighted by atomic mass is 10.0. The van der Waals surface area contributed by atoms with Crippen LogP contribution in [0.2, 0.25) is 0 Å². The van der Waals surface area contributed by atoms with Gasteiger partial charge in [-0.2, -0.15) is 0 Å². The van der Waals surface area contributed by atoms with Gasteiger partial charge in [-0.15, -0.1) is 9.42 Å². The SMILES string of the molecule is O=C[C@@H](O[P+](=O)O)[C@@H](O)[C@H](O)[C@H](O)CO. The summed E-state index contributed by atoms with van der Waals surface area (Å²) in [5.41, 5.74) is 0. The molecule has 0 saturated heterocycles. The Morgan fingerprint density at radius 3 is 2.13 bits per heavy atom. The third kappa shape index (κ3) is 4.72. The van der Waals surface area contributed by atoms with E-state index in [1.807, 2.05) is 0 Å². The van der Waals surface area contributed by atoms with Crippen molar-refractivity contribution in [3.05, 3.63) is 0 Å². The van der Waals surface area contributed by atoms with Crippen molar-refractivity contribution in [3.63, 3.8) is 0 Å². The first-order valence-corrected chi connectivity index (χ1v) is 5.00. The zero-order valence-corrected chi connectivity index (χ0v) is 8.40. The lowest BCUT2D eigenvalue weighted by molar-refractivity contribution is -0.133. The summed E-state index contributed by atoms with van der Waals surface area (Å²) in [6, 6.07) is 0. The minimum absolute atomic E-state index is 0.00142. The fourth-order valence-electron chi connectivity index (χ4n) is 0.802. The Morgan fingerprint density at radius 1 is 1.27 bits per heavy atom. The van der Waals surface area contributed by atoms with E-state index in [-0.39, 0.29) is 6.29 Å². The molecule has 0 amide bonds. The summed E-state index contributed by atoms with van der Waals surface area (Å²) in [5.74, 6) is 0. The number of aliphatic hydroxyl groups is 4. The third-order valence-electron chi connectivity index (χ3n) is 1.61. The molecule has 5 N–H and O–H groups in total. The molecule has 1 unspecified atom stereocenters. The van der Waals surface area contributed by atoms with Gasteiger partial charge in [0.15, 0.2) is 12.4 Å². The molecule has 8 nitrogen and oxygen atoms in total. The van der Waals surface area contributed by atoms with E-state index in [4.69, 9.17) is 20.2 Å². The maximum absolute atomic E-state index is 10.3. The van der Waals surface area contributed by atoms with E-state index >= 15 is 0 Å². The van der Waals surface area contributed by atoms with E-state index in [0.29, 0.717) is 0 Å². The molecule has 0 bridgehead atoms. The van der Waals surface area contributed by atoms with Gasteiger partial charge < -0.3 is 25.2 Å². The van der Waals surface area contributed by atoms with Gasteiger partial charge in [0.25, 0.3) is 0 Å². The monoisotopic (exact) mass is 243 g/mol. The lowest BCUT2D eigenvalue weighted by Crippen LogP contribution is -2.46. The Kier molecular flexibility index (Phi) is 6.70. The Balaban J connectivity index is 4.42. The van der Waals surface area contributed by atoms with E-state index in [1.54, 1.807) is 0 Å². The molecule has 0 radical (unpaired) electrons. The van der Waals surface area contributed by atoms with Gasteiger partial charge in [0.05, 0.1) is 6.61 Å². The highest BCUT2D eigenvalue weighted by Crippen LogP contribution is 2.20. The first kappa shape index (κ1) is 14.5. The second-order valence-electron chi connectivity index (χ2n) is 2.68. The van der Waals surface area contributed by atoms with Crippen LogP contribution >= 0.6 is 8.25 Å². The van der Waals surface area contributed by atoms with Crippen molar-refractivity contribution < 1.29 is 39.2 Å². The predicted octanol–water partition coefficient (Wildman–Crippen LogP) is -2.70. The highest BCUT2D eigenvalue weighted by Gasteiger charge is 2.36. The highest BCUT2D eigenvalue weighted by atomic mass is 31.1. The molecule has 0 spiro atoms. The number of aldehydes is 1. The number of rotatable bonds is 7. The van der Waals surface area contributed by atoms with E-state index in [2.05, 4.69) is 4.52 Å². The fraction of sp³-hybridized carbons (Fsp3) is 0.833. The molecule has 0 fully saturated rings. The second kappa shape index (κ2) is 6.91. The zero-order valence-electron chi connectivity index (χ0n) is 7.50. The average molecular weight is 243 g/mol. The minimum atomic E-state index is -3.12. The summed E-state index contributed by atoms with van der Waals surface area (Å²) in [5, 5.41) is 35.7. The Hall–Kier alpha value is -0.470. The molecule has 0 heterocycles. The van der Waals surface area contributed by atoms with Gasteiger partial charge in [0, 0.05) is 4.57 Å². The molecular formula is C6H12O8P+. The maximum atomic E-state index is 10.3. The molecule has 0 aliphatic heterocycles. The van der Waals surface area contributed by atoms with Crippen molar-refractivity contribution in [2.45, 2.75) is 24.4 Å². The first-order chi connectivity index (χ1) is 6.93. The normalized spacial score (nSPS) is 20.2. The third-order valence-corrected chi connectivity index (χ3v) is 2.04. The van der Waals surface area contributed by atoms with Crippen molar-refractivity contribution in [2.24, 2.45) is 0 Å². The van der Waals surface area contributed by atoms with Crippen LogP contribution in [-0.2, 0) is 13.9 Å². The topological polar surface area (TPSA) is 145 Å². The summed E-state index contributed by atoms with van der Waals surface area (Å²) >= 11 is 0. The molecule has 88 valence electrons. The van der Waals surface area contributed by atoms with Crippen LogP contribution in [-0.4, -0.2) is 62.6 Å². The van der Waals surface area contributed by atoms with E-state index < -0.39 is 39.3 Å². The molecule has 0 aliphatic rings. The second-order valence-corrected chi connectivity index (χ2v) is 3.36.